The lowest BCUT2D eigenvalue weighted by atomic mass is 9.95. The van der Waals surface area contributed by atoms with Crippen molar-refractivity contribution < 1.29 is 22.7 Å². The van der Waals surface area contributed by atoms with Crippen molar-refractivity contribution in [2.75, 3.05) is 50.8 Å². The Morgan fingerprint density at radius 2 is 2.00 bits per heavy atom. The number of fused-ring (bicyclic) bond motifs is 3. The SMILES string of the molecule is [C-]#[N+]C[C@H]1CN(c2nc(OC[C@@]34CCCN3C[C@H](F)C4)nc3c(F)c(-c4cncc5cccc(Cl)c45)ccc23)CCN1C(=O)C(=C)F. The quantitative estimate of drug-likeness (QED) is 0.177. The topological polar surface area (TPSA) is 79.1 Å². The van der Waals surface area contributed by atoms with Gasteiger partial charge in [0.1, 0.15) is 30.2 Å². The molecule has 3 aliphatic heterocycles. The maximum Gasteiger partial charge on any atom is 0.319 e. The van der Waals surface area contributed by atoms with Crippen LogP contribution in [-0.4, -0.2) is 94.3 Å². The fraction of sp³-hybridized carbons (Fsp3) is 0.382. The smallest absolute Gasteiger partial charge is 0.319 e. The zero-order valence-corrected chi connectivity index (χ0v) is 26.2. The second-order valence-electron chi connectivity index (χ2n) is 12.4. The number of hydrogen-bond acceptors (Lipinski definition) is 7. The number of rotatable bonds is 7. The van der Waals surface area contributed by atoms with Crippen LogP contribution in [0.5, 0.6) is 6.01 Å². The Kier molecular flexibility index (Phi) is 8.14. The van der Waals surface area contributed by atoms with Gasteiger partial charge < -0.3 is 19.4 Å². The number of nitrogens with zero attached hydrogens (tertiary/aromatic N) is 7. The molecule has 242 valence electrons. The van der Waals surface area contributed by atoms with Gasteiger partial charge in [0, 0.05) is 77.3 Å². The average Bonchev–Trinajstić information content (AvgIpc) is 3.59. The highest BCUT2D eigenvalue weighted by molar-refractivity contribution is 6.36. The van der Waals surface area contributed by atoms with E-state index in [1.165, 1.54) is 4.90 Å². The van der Waals surface area contributed by atoms with Gasteiger partial charge in [-0.1, -0.05) is 36.4 Å². The first kappa shape index (κ1) is 31.1. The maximum atomic E-state index is 16.8. The molecule has 1 amide bonds. The zero-order chi connectivity index (χ0) is 32.9. The van der Waals surface area contributed by atoms with Crippen molar-refractivity contribution in [3.8, 4) is 17.1 Å². The Bertz CT molecular complexity index is 1950. The van der Waals surface area contributed by atoms with E-state index in [4.69, 9.17) is 27.9 Å². The molecule has 3 saturated heterocycles. The minimum atomic E-state index is -1.10. The van der Waals surface area contributed by atoms with E-state index in [0.29, 0.717) is 40.1 Å². The van der Waals surface area contributed by atoms with Gasteiger partial charge in [0.2, 0.25) is 6.54 Å². The van der Waals surface area contributed by atoms with Crippen LogP contribution in [0.25, 0.3) is 37.6 Å². The average molecular weight is 662 g/mol. The van der Waals surface area contributed by atoms with E-state index in [9.17, 15) is 13.6 Å². The Hall–Kier alpha value is -4.47. The van der Waals surface area contributed by atoms with Crippen molar-refractivity contribution in [1.82, 2.24) is 24.8 Å². The molecule has 0 unspecified atom stereocenters. The second-order valence-corrected chi connectivity index (χ2v) is 12.8. The van der Waals surface area contributed by atoms with Crippen molar-refractivity contribution in [2.45, 2.75) is 37.0 Å². The number of hydrogen-bond donors (Lipinski definition) is 0. The molecule has 0 N–H and O–H groups in total. The van der Waals surface area contributed by atoms with Crippen LogP contribution in [0.4, 0.5) is 19.0 Å². The van der Waals surface area contributed by atoms with Crippen molar-refractivity contribution >= 4 is 45.0 Å². The van der Waals surface area contributed by atoms with Gasteiger partial charge in [-0.25, -0.2) is 19.7 Å². The van der Waals surface area contributed by atoms with Crippen LogP contribution in [0.2, 0.25) is 5.02 Å². The van der Waals surface area contributed by atoms with Gasteiger partial charge in [0.15, 0.2) is 11.6 Å². The van der Waals surface area contributed by atoms with Gasteiger partial charge in [0.25, 0.3) is 5.91 Å². The van der Waals surface area contributed by atoms with Gasteiger partial charge in [0.05, 0.1) is 5.54 Å². The Labute approximate surface area is 274 Å². The molecular formula is C34H31ClF3N7O2. The third-order valence-corrected chi connectivity index (χ3v) is 9.91. The molecule has 0 aliphatic carbocycles. The summed E-state index contributed by atoms with van der Waals surface area (Å²) in [6, 6.07) is 8.00. The van der Waals surface area contributed by atoms with E-state index >= 15 is 4.39 Å². The third-order valence-electron chi connectivity index (χ3n) is 9.60. The van der Waals surface area contributed by atoms with Crippen molar-refractivity contribution in [3.05, 3.63) is 77.4 Å². The number of carbonyl (C=O) groups is 1. The lowest BCUT2D eigenvalue weighted by molar-refractivity contribution is -0.131. The molecule has 7 rings (SSSR count). The summed E-state index contributed by atoms with van der Waals surface area (Å²) >= 11 is 6.57. The Balaban J connectivity index is 1.33. The number of carbonyl (C=O) groups excluding carboxylic acids is 1. The van der Waals surface area contributed by atoms with Gasteiger partial charge >= 0.3 is 6.01 Å². The van der Waals surface area contributed by atoms with E-state index in [-0.39, 0.29) is 49.9 Å². The first-order chi connectivity index (χ1) is 22.7. The van der Waals surface area contributed by atoms with Crippen LogP contribution in [0.3, 0.4) is 0 Å². The standard InChI is InChI=1S/C34H31ClF3N7O2/c1-20(36)32(46)45-12-11-43(18-23(45)15-39-2)31-25-8-7-24(26-16-40-14-21-5-3-6-27(35)28(21)26)29(38)30(25)41-33(42-31)47-19-34-9-4-10-44(34)17-22(37)13-34/h3,5-8,14,16,22-23H,1,4,9-13,15,17-19H2/t22-,23+,34+/m1/s1. The highest BCUT2D eigenvalue weighted by Gasteiger charge is 2.49. The lowest BCUT2D eigenvalue weighted by Crippen LogP contribution is -2.56. The van der Waals surface area contributed by atoms with Gasteiger partial charge in [-0.15, -0.1) is 0 Å². The molecule has 13 heteroatoms. The molecule has 0 radical (unpaired) electrons. The first-order valence-corrected chi connectivity index (χ1v) is 15.9. The zero-order valence-electron chi connectivity index (χ0n) is 25.4. The van der Waals surface area contributed by atoms with Crippen LogP contribution >= 0.6 is 11.6 Å². The summed E-state index contributed by atoms with van der Waals surface area (Å²) in [5, 5.41) is 2.23. The highest BCUT2D eigenvalue weighted by atomic mass is 35.5. The van der Waals surface area contributed by atoms with E-state index in [2.05, 4.69) is 26.3 Å². The highest BCUT2D eigenvalue weighted by Crippen LogP contribution is 2.42. The van der Waals surface area contributed by atoms with Crippen LogP contribution in [0.15, 0.2) is 55.1 Å². The predicted octanol–water partition coefficient (Wildman–Crippen LogP) is 6.01. The molecule has 5 heterocycles. The van der Waals surface area contributed by atoms with Crippen molar-refractivity contribution in [2.24, 2.45) is 0 Å². The summed E-state index contributed by atoms with van der Waals surface area (Å²) < 4.78 is 51.3. The fourth-order valence-corrected chi connectivity index (χ4v) is 7.70. The maximum absolute atomic E-state index is 16.8. The minimum Gasteiger partial charge on any atom is -0.461 e. The number of halogens is 4. The molecule has 9 nitrogen and oxygen atoms in total. The van der Waals surface area contributed by atoms with Gasteiger partial charge in [-0.3, -0.25) is 14.7 Å². The van der Waals surface area contributed by atoms with Crippen LogP contribution in [-0.2, 0) is 4.79 Å². The first-order valence-electron chi connectivity index (χ1n) is 15.5. The molecule has 0 spiro atoms. The molecule has 3 fully saturated rings. The predicted molar refractivity (Wildman–Crippen MR) is 173 cm³/mol. The Morgan fingerprint density at radius 3 is 2.81 bits per heavy atom. The summed E-state index contributed by atoms with van der Waals surface area (Å²) in [6.45, 7) is 12.2. The molecule has 0 bridgehead atoms. The van der Waals surface area contributed by atoms with E-state index in [1.807, 2.05) is 11.0 Å². The number of alkyl halides is 1. The van der Waals surface area contributed by atoms with E-state index in [1.54, 1.807) is 36.7 Å². The number of aromatic nitrogens is 3. The monoisotopic (exact) mass is 661 g/mol. The van der Waals surface area contributed by atoms with E-state index in [0.717, 1.165) is 24.8 Å². The minimum absolute atomic E-state index is 0.000467. The Morgan fingerprint density at radius 1 is 1.15 bits per heavy atom. The summed E-state index contributed by atoms with van der Waals surface area (Å²) in [6.07, 6.45) is 4.31. The summed E-state index contributed by atoms with van der Waals surface area (Å²) in [5.41, 5.74) is 0.245. The third kappa shape index (κ3) is 5.51. The molecule has 47 heavy (non-hydrogen) atoms. The van der Waals surface area contributed by atoms with Crippen molar-refractivity contribution in [1.29, 1.82) is 0 Å². The van der Waals surface area contributed by atoms with Crippen LogP contribution in [0.1, 0.15) is 19.3 Å². The molecule has 4 aromatic rings. The number of amides is 1. The van der Waals surface area contributed by atoms with Crippen molar-refractivity contribution in [3.63, 3.8) is 0 Å². The number of ether oxygens (including phenoxy) is 1. The molecule has 3 aliphatic rings. The molecule has 0 saturated carbocycles. The fourth-order valence-electron chi connectivity index (χ4n) is 7.41. The van der Waals surface area contributed by atoms with Gasteiger partial charge in [-0.05, 0) is 31.5 Å². The summed E-state index contributed by atoms with van der Waals surface area (Å²) in [7, 11) is 0. The number of piperazine rings is 1. The lowest BCUT2D eigenvalue weighted by Gasteiger charge is -2.39. The number of benzene rings is 2. The van der Waals surface area contributed by atoms with Crippen LogP contribution in [0, 0.1) is 12.4 Å². The second kappa shape index (κ2) is 12.3. The normalized spacial score (nSPS) is 22.9. The molecular weight excluding hydrogens is 631 g/mol. The summed E-state index contributed by atoms with van der Waals surface area (Å²) in [4.78, 5) is 34.9. The molecule has 2 aromatic carbocycles. The number of anilines is 1. The van der Waals surface area contributed by atoms with E-state index < -0.39 is 35.3 Å². The molecule has 2 aromatic heterocycles. The van der Waals surface area contributed by atoms with Crippen LogP contribution < -0.4 is 9.64 Å². The van der Waals surface area contributed by atoms with Gasteiger partial charge in [-0.2, -0.15) is 9.97 Å². The molecule has 3 atom stereocenters. The largest absolute Gasteiger partial charge is 0.461 e. The summed E-state index contributed by atoms with van der Waals surface area (Å²) in [5.74, 6) is -2.25. The number of pyridine rings is 1.